The number of sulfonamides is 1. The molecular formula is C15H11ClN2O2S3. The second-order valence-electron chi connectivity index (χ2n) is 4.74. The Labute approximate surface area is 147 Å². The molecule has 0 unspecified atom stereocenters. The van der Waals surface area contributed by atoms with E-state index in [-0.39, 0.29) is 4.90 Å². The number of benzene rings is 2. The Hall–Kier alpha value is -1.51. The summed E-state index contributed by atoms with van der Waals surface area (Å²) in [7, 11) is -3.85. The number of hydrogen-bond donors (Lipinski definition) is 1. The van der Waals surface area contributed by atoms with Crippen LogP contribution in [0.15, 0.2) is 58.8 Å². The molecule has 0 spiro atoms. The van der Waals surface area contributed by atoms with Crippen LogP contribution in [0.1, 0.15) is 0 Å². The highest BCUT2D eigenvalue weighted by Gasteiger charge is 2.18. The van der Waals surface area contributed by atoms with E-state index in [1.165, 1.54) is 17.4 Å². The summed E-state index contributed by atoms with van der Waals surface area (Å²) in [6.07, 6.45) is 0. The van der Waals surface area contributed by atoms with Crippen LogP contribution in [-0.2, 0) is 10.0 Å². The molecule has 0 aliphatic heterocycles. The summed E-state index contributed by atoms with van der Waals surface area (Å²) in [4.78, 5) is 0.0589. The molecule has 0 bridgehead atoms. The van der Waals surface area contributed by atoms with Crippen LogP contribution in [0, 0.1) is 3.95 Å². The summed E-state index contributed by atoms with van der Waals surface area (Å²) >= 11 is 12.8. The predicted molar refractivity (Wildman–Crippen MR) is 96.3 cm³/mol. The van der Waals surface area contributed by atoms with Gasteiger partial charge in [0, 0.05) is 21.7 Å². The molecule has 0 amide bonds. The predicted octanol–water partition coefficient (Wildman–Crippen LogP) is 4.24. The third kappa shape index (κ3) is 3.24. The molecule has 8 heteroatoms. The highest BCUT2D eigenvalue weighted by Crippen LogP contribution is 2.32. The van der Waals surface area contributed by atoms with E-state index in [0.717, 1.165) is 5.69 Å². The minimum atomic E-state index is -3.85. The zero-order valence-electron chi connectivity index (χ0n) is 11.6. The third-order valence-corrected chi connectivity index (χ3v) is 5.63. The Morgan fingerprint density at radius 1 is 1.13 bits per heavy atom. The van der Waals surface area contributed by atoms with Crippen molar-refractivity contribution in [2.75, 3.05) is 0 Å². The van der Waals surface area contributed by atoms with Crippen LogP contribution >= 0.6 is 35.2 Å². The molecule has 0 fully saturated rings. The summed E-state index contributed by atoms with van der Waals surface area (Å²) in [5.41, 5.74) is 1.93. The average molecular weight is 383 g/mol. The minimum absolute atomic E-state index is 0.0589. The first-order chi connectivity index (χ1) is 10.9. The summed E-state index contributed by atoms with van der Waals surface area (Å²) in [5.74, 6) is 0. The first kappa shape index (κ1) is 16.4. The third-order valence-electron chi connectivity index (χ3n) is 3.23. The quantitative estimate of drug-likeness (QED) is 0.689. The molecule has 0 saturated carbocycles. The SMILES string of the molecule is NS(=O)(=O)c1ccccc1-c1csc(=S)n1-c1cccc(Cl)c1. The van der Waals surface area contributed by atoms with E-state index < -0.39 is 10.0 Å². The number of hydrogen-bond acceptors (Lipinski definition) is 4. The number of thiazole rings is 1. The summed E-state index contributed by atoms with van der Waals surface area (Å²) in [5, 5.41) is 7.72. The molecule has 4 nitrogen and oxygen atoms in total. The highest BCUT2D eigenvalue weighted by atomic mass is 35.5. The Morgan fingerprint density at radius 2 is 1.87 bits per heavy atom. The second-order valence-corrected chi connectivity index (χ2v) is 8.21. The monoisotopic (exact) mass is 382 g/mol. The van der Waals surface area contributed by atoms with Crippen LogP contribution < -0.4 is 5.14 Å². The van der Waals surface area contributed by atoms with Gasteiger partial charge >= 0.3 is 0 Å². The lowest BCUT2D eigenvalue weighted by molar-refractivity contribution is 0.598. The van der Waals surface area contributed by atoms with Gasteiger partial charge in [0.05, 0.1) is 10.6 Å². The molecule has 1 heterocycles. The molecule has 3 rings (SSSR count). The van der Waals surface area contributed by atoms with Crippen LogP contribution in [0.25, 0.3) is 16.9 Å². The molecule has 0 radical (unpaired) electrons. The van der Waals surface area contributed by atoms with Crippen molar-refractivity contribution < 1.29 is 8.42 Å². The molecular weight excluding hydrogens is 372 g/mol. The van der Waals surface area contributed by atoms with Crippen LogP contribution in [0.4, 0.5) is 0 Å². The smallest absolute Gasteiger partial charge is 0.238 e. The number of nitrogens with zero attached hydrogens (tertiary/aromatic N) is 1. The topological polar surface area (TPSA) is 65.1 Å². The van der Waals surface area contributed by atoms with Gasteiger partial charge in [-0.1, -0.05) is 35.9 Å². The Balaban J connectivity index is 2.31. The first-order valence-corrected chi connectivity index (χ1v) is 9.68. The Bertz CT molecular complexity index is 1040. The summed E-state index contributed by atoms with van der Waals surface area (Å²) in [6.45, 7) is 0. The number of halogens is 1. The number of rotatable bonds is 3. The van der Waals surface area contributed by atoms with Crippen LogP contribution in [0.3, 0.4) is 0 Å². The fourth-order valence-corrected chi connectivity index (χ4v) is 4.31. The van der Waals surface area contributed by atoms with Gasteiger partial charge in [-0.15, -0.1) is 11.3 Å². The maximum Gasteiger partial charge on any atom is 0.238 e. The van der Waals surface area contributed by atoms with Gasteiger partial charge in [0.2, 0.25) is 10.0 Å². The number of nitrogens with two attached hydrogens (primary N) is 1. The van der Waals surface area contributed by atoms with E-state index in [9.17, 15) is 8.42 Å². The lowest BCUT2D eigenvalue weighted by Gasteiger charge is -2.12. The Morgan fingerprint density at radius 3 is 2.57 bits per heavy atom. The zero-order chi connectivity index (χ0) is 16.6. The molecule has 0 aliphatic carbocycles. The first-order valence-electron chi connectivity index (χ1n) is 6.46. The van der Waals surface area contributed by atoms with Gasteiger partial charge < -0.3 is 0 Å². The summed E-state index contributed by atoms with van der Waals surface area (Å²) in [6, 6.07) is 13.8. The van der Waals surface area contributed by atoms with Gasteiger partial charge in [0.25, 0.3) is 0 Å². The van der Waals surface area contributed by atoms with Gasteiger partial charge in [-0.3, -0.25) is 4.57 Å². The van der Waals surface area contributed by atoms with Crippen LogP contribution in [0.5, 0.6) is 0 Å². The van der Waals surface area contributed by atoms with Crippen molar-refractivity contribution in [3.8, 4) is 16.9 Å². The van der Waals surface area contributed by atoms with E-state index in [4.69, 9.17) is 29.0 Å². The summed E-state index contributed by atoms with van der Waals surface area (Å²) < 4.78 is 26.1. The molecule has 1 aromatic heterocycles. The van der Waals surface area contributed by atoms with Gasteiger partial charge in [0.15, 0.2) is 3.95 Å². The van der Waals surface area contributed by atoms with Crippen molar-refractivity contribution in [2.45, 2.75) is 4.90 Å². The number of primary sulfonamides is 1. The van der Waals surface area contributed by atoms with Crippen molar-refractivity contribution in [3.63, 3.8) is 0 Å². The van der Waals surface area contributed by atoms with Gasteiger partial charge in [-0.05, 0) is 36.5 Å². The largest absolute Gasteiger partial charge is 0.291 e. The lowest BCUT2D eigenvalue weighted by Crippen LogP contribution is -2.14. The van der Waals surface area contributed by atoms with Crippen molar-refractivity contribution in [2.24, 2.45) is 5.14 Å². The van der Waals surface area contributed by atoms with E-state index in [1.807, 2.05) is 17.5 Å². The average Bonchev–Trinajstić information content (AvgIpc) is 2.88. The highest BCUT2D eigenvalue weighted by molar-refractivity contribution is 7.89. The fraction of sp³-hybridized carbons (Fsp3) is 0. The van der Waals surface area contributed by atoms with Crippen molar-refractivity contribution in [3.05, 3.63) is 62.9 Å². The molecule has 2 aromatic carbocycles. The van der Waals surface area contributed by atoms with Gasteiger partial charge in [-0.2, -0.15) is 0 Å². The van der Waals surface area contributed by atoms with Crippen molar-refractivity contribution in [1.29, 1.82) is 0 Å². The number of aromatic nitrogens is 1. The maximum absolute atomic E-state index is 11.9. The maximum atomic E-state index is 11.9. The van der Waals surface area contributed by atoms with E-state index >= 15 is 0 Å². The van der Waals surface area contributed by atoms with Crippen LogP contribution in [0.2, 0.25) is 5.02 Å². The normalized spacial score (nSPS) is 11.6. The lowest BCUT2D eigenvalue weighted by atomic mass is 10.1. The minimum Gasteiger partial charge on any atom is -0.291 e. The molecule has 0 aliphatic rings. The molecule has 118 valence electrons. The second kappa shape index (κ2) is 6.18. The van der Waals surface area contributed by atoms with Crippen molar-refractivity contribution in [1.82, 2.24) is 4.57 Å². The van der Waals surface area contributed by atoms with Gasteiger partial charge in [-0.25, -0.2) is 13.6 Å². The van der Waals surface area contributed by atoms with E-state index in [0.29, 0.717) is 20.2 Å². The molecule has 0 atom stereocenters. The van der Waals surface area contributed by atoms with E-state index in [1.54, 1.807) is 34.9 Å². The molecule has 2 N–H and O–H groups in total. The fourth-order valence-electron chi connectivity index (χ4n) is 2.28. The molecule has 0 saturated heterocycles. The van der Waals surface area contributed by atoms with E-state index in [2.05, 4.69) is 0 Å². The van der Waals surface area contributed by atoms with Gasteiger partial charge in [0.1, 0.15) is 0 Å². The van der Waals surface area contributed by atoms with Crippen LogP contribution in [-0.4, -0.2) is 13.0 Å². The zero-order valence-corrected chi connectivity index (χ0v) is 14.8. The van der Waals surface area contributed by atoms with Crippen molar-refractivity contribution >= 4 is 45.2 Å². The molecule has 3 aromatic rings. The molecule has 23 heavy (non-hydrogen) atoms. The standard InChI is InChI=1S/C15H11ClN2O2S3/c16-10-4-3-5-11(8-10)18-13(9-22-15(18)21)12-6-1-2-7-14(12)23(17,19)20/h1-9H,(H2,17,19,20). The Kier molecular flexibility index (Phi) is 4.39.